The van der Waals surface area contributed by atoms with Crippen molar-refractivity contribution in [3.8, 4) is 5.75 Å². The number of hydrogen-bond donors (Lipinski definition) is 0. The molecule has 1 aliphatic heterocycles. The van der Waals surface area contributed by atoms with Gasteiger partial charge in [0, 0.05) is 12.5 Å². The summed E-state index contributed by atoms with van der Waals surface area (Å²) in [5.74, 6) is 1.55. The number of hydrogen-bond acceptors (Lipinski definition) is 3. The van der Waals surface area contributed by atoms with Gasteiger partial charge < -0.3 is 9.47 Å². The van der Waals surface area contributed by atoms with Gasteiger partial charge in [-0.1, -0.05) is 34.5 Å². The van der Waals surface area contributed by atoms with Crippen molar-refractivity contribution >= 4 is 27.5 Å². The zero-order chi connectivity index (χ0) is 13.5. The second kappa shape index (κ2) is 4.82. The second-order valence-electron chi connectivity index (χ2n) is 5.19. The first kappa shape index (κ1) is 13.0. The summed E-state index contributed by atoms with van der Waals surface area (Å²) in [7, 11) is 1.69. The third-order valence-corrected chi connectivity index (χ3v) is 5.23. The molecule has 1 saturated carbocycles. The number of halogens is 1. The lowest BCUT2D eigenvalue weighted by molar-refractivity contribution is 0.0187. The molecule has 2 aliphatic rings. The lowest BCUT2D eigenvalue weighted by Crippen LogP contribution is -2.44. The average molecular weight is 324 g/mol. The molecule has 3 nitrogen and oxygen atoms in total. The molecule has 0 amide bonds. The van der Waals surface area contributed by atoms with Crippen LogP contribution in [0.1, 0.15) is 38.2 Å². The Hall–Kier alpha value is -1.03. The van der Waals surface area contributed by atoms with Gasteiger partial charge in [-0.2, -0.15) is 0 Å². The fraction of sp³-hybridized carbons (Fsp3) is 0.533. The Balaban J connectivity index is 2.19. The third kappa shape index (κ3) is 1.97. The van der Waals surface area contributed by atoms with Crippen LogP contribution in [-0.4, -0.2) is 17.8 Å². The monoisotopic (exact) mass is 323 g/mol. The van der Waals surface area contributed by atoms with Crippen LogP contribution < -0.4 is 4.74 Å². The van der Waals surface area contributed by atoms with Crippen LogP contribution in [0.15, 0.2) is 23.2 Å². The van der Waals surface area contributed by atoms with E-state index >= 15 is 0 Å². The standard InChI is InChI=1S/C15H18BrNO2/c1-10-17-14-11(6-5-7-12(14)18-2)15(19-10)9-4-3-8-13(15)16/h5-7,13H,3-4,8-9H2,1-2H3. The summed E-state index contributed by atoms with van der Waals surface area (Å²) < 4.78 is 11.7. The summed E-state index contributed by atoms with van der Waals surface area (Å²) >= 11 is 3.83. The molecule has 1 fully saturated rings. The van der Waals surface area contributed by atoms with Crippen LogP contribution in [0.3, 0.4) is 0 Å². The maximum absolute atomic E-state index is 6.20. The molecule has 0 bridgehead atoms. The number of ether oxygens (including phenoxy) is 2. The van der Waals surface area contributed by atoms with E-state index in [1.54, 1.807) is 7.11 Å². The molecule has 1 spiro atoms. The van der Waals surface area contributed by atoms with E-state index in [9.17, 15) is 0 Å². The first-order valence-electron chi connectivity index (χ1n) is 6.73. The Bertz CT molecular complexity index is 529. The minimum absolute atomic E-state index is 0.284. The van der Waals surface area contributed by atoms with E-state index in [0.717, 1.165) is 35.7 Å². The van der Waals surface area contributed by atoms with Crippen LogP contribution in [0.25, 0.3) is 0 Å². The second-order valence-corrected chi connectivity index (χ2v) is 6.30. The van der Waals surface area contributed by atoms with Gasteiger partial charge in [-0.3, -0.25) is 0 Å². The minimum atomic E-state index is -0.284. The van der Waals surface area contributed by atoms with Crippen LogP contribution >= 0.6 is 15.9 Å². The van der Waals surface area contributed by atoms with Crippen LogP contribution in [0.5, 0.6) is 5.75 Å². The van der Waals surface area contributed by atoms with Crippen LogP contribution in [-0.2, 0) is 10.3 Å². The van der Waals surface area contributed by atoms with E-state index in [4.69, 9.17) is 9.47 Å². The van der Waals surface area contributed by atoms with E-state index in [0.29, 0.717) is 4.83 Å². The Labute approximate surface area is 122 Å². The topological polar surface area (TPSA) is 30.8 Å². The quantitative estimate of drug-likeness (QED) is 0.721. The van der Waals surface area contributed by atoms with E-state index in [2.05, 4.69) is 27.0 Å². The first-order valence-corrected chi connectivity index (χ1v) is 7.65. The van der Waals surface area contributed by atoms with Gasteiger partial charge in [-0.15, -0.1) is 0 Å². The van der Waals surface area contributed by atoms with Crippen molar-refractivity contribution in [3.05, 3.63) is 23.8 Å². The number of methoxy groups -OCH3 is 1. The number of para-hydroxylation sites is 1. The molecule has 1 aliphatic carbocycles. The Morgan fingerprint density at radius 1 is 1.42 bits per heavy atom. The summed E-state index contributed by atoms with van der Waals surface area (Å²) in [4.78, 5) is 4.87. The van der Waals surface area contributed by atoms with Gasteiger partial charge >= 0.3 is 0 Å². The molecule has 0 radical (unpaired) electrons. The predicted molar refractivity (Wildman–Crippen MR) is 79.7 cm³/mol. The van der Waals surface area contributed by atoms with Crippen molar-refractivity contribution in [1.82, 2.24) is 0 Å². The van der Waals surface area contributed by atoms with Crippen molar-refractivity contribution in [2.45, 2.75) is 43.0 Å². The molecule has 0 saturated heterocycles. The largest absolute Gasteiger partial charge is 0.494 e. The van der Waals surface area contributed by atoms with Gasteiger partial charge in [-0.25, -0.2) is 4.99 Å². The summed E-state index contributed by atoms with van der Waals surface area (Å²) in [5, 5.41) is 0. The highest BCUT2D eigenvalue weighted by atomic mass is 79.9. The van der Waals surface area contributed by atoms with Crippen LogP contribution in [0.4, 0.5) is 5.69 Å². The third-order valence-electron chi connectivity index (χ3n) is 4.04. The SMILES string of the molecule is COc1cccc2c1N=C(C)OC21CCCCC1Br. The lowest BCUT2D eigenvalue weighted by atomic mass is 9.78. The van der Waals surface area contributed by atoms with Crippen LogP contribution in [0, 0.1) is 0 Å². The van der Waals surface area contributed by atoms with Gasteiger partial charge in [0.25, 0.3) is 0 Å². The zero-order valence-corrected chi connectivity index (χ0v) is 12.9. The predicted octanol–water partition coefficient (Wildman–Crippen LogP) is 4.31. The smallest absolute Gasteiger partial charge is 0.186 e. The summed E-state index contributed by atoms with van der Waals surface area (Å²) in [5.41, 5.74) is 1.80. The van der Waals surface area contributed by atoms with E-state index in [1.807, 2.05) is 19.1 Å². The molecule has 0 aromatic heterocycles. The minimum Gasteiger partial charge on any atom is -0.494 e. The van der Waals surface area contributed by atoms with E-state index in [-0.39, 0.29) is 5.60 Å². The molecular weight excluding hydrogens is 306 g/mol. The normalized spacial score (nSPS) is 29.4. The number of alkyl halides is 1. The highest BCUT2D eigenvalue weighted by Gasteiger charge is 2.47. The Morgan fingerprint density at radius 3 is 3.00 bits per heavy atom. The lowest BCUT2D eigenvalue weighted by Gasteiger charge is -2.44. The Morgan fingerprint density at radius 2 is 2.26 bits per heavy atom. The fourth-order valence-corrected chi connectivity index (χ4v) is 4.05. The highest BCUT2D eigenvalue weighted by molar-refractivity contribution is 9.09. The van der Waals surface area contributed by atoms with Gasteiger partial charge in [0.1, 0.15) is 17.0 Å². The molecular formula is C15H18BrNO2. The van der Waals surface area contributed by atoms with E-state index in [1.165, 1.54) is 12.8 Å². The molecule has 102 valence electrons. The molecule has 19 heavy (non-hydrogen) atoms. The number of fused-ring (bicyclic) bond motifs is 2. The average Bonchev–Trinajstić information content (AvgIpc) is 2.41. The summed E-state index contributed by atoms with van der Waals surface area (Å²) in [6, 6.07) is 6.10. The van der Waals surface area contributed by atoms with Crippen molar-refractivity contribution in [2.24, 2.45) is 4.99 Å². The van der Waals surface area contributed by atoms with E-state index < -0.39 is 0 Å². The van der Waals surface area contributed by atoms with Gasteiger partial charge in [-0.05, 0) is 25.3 Å². The number of benzene rings is 1. The zero-order valence-electron chi connectivity index (χ0n) is 11.3. The molecule has 1 aromatic carbocycles. The Kier molecular flexibility index (Phi) is 3.29. The molecule has 1 heterocycles. The van der Waals surface area contributed by atoms with Crippen LogP contribution in [0.2, 0.25) is 0 Å². The van der Waals surface area contributed by atoms with Crippen molar-refractivity contribution < 1.29 is 9.47 Å². The maximum Gasteiger partial charge on any atom is 0.186 e. The molecule has 4 heteroatoms. The maximum atomic E-state index is 6.20. The van der Waals surface area contributed by atoms with Gasteiger partial charge in [0.05, 0.1) is 11.9 Å². The number of nitrogens with zero attached hydrogens (tertiary/aromatic N) is 1. The molecule has 2 atom stereocenters. The first-order chi connectivity index (χ1) is 9.17. The summed E-state index contributed by atoms with van der Waals surface area (Å²) in [6.07, 6.45) is 4.59. The summed E-state index contributed by atoms with van der Waals surface area (Å²) in [6.45, 7) is 1.92. The molecule has 2 unspecified atom stereocenters. The molecule has 0 N–H and O–H groups in total. The van der Waals surface area contributed by atoms with Crippen molar-refractivity contribution in [2.75, 3.05) is 7.11 Å². The fourth-order valence-electron chi connectivity index (χ4n) is 3.16. The number of rotatable bonds is 1. The van der Waals surface area contributed by atoms with Crippen molar-refractivity contribution in [3.63, 3.8) is 0 Å². The van der Waals surface area contributed by atoms with Gasteiger partial charge in [0.2, 0.25) is 0 Å². The van der Waals surface area contributed by atoms with Gasteiger partial charge in [0.15, 0.2) is 5.90 Å². The molecule has 1 aromatic rings. The van der Waals surface area contributed by atoms with Crippen molar-refractivity contribution in [1.29, 1.82) is 0 Å². The molecule has 3 rings (SSSR count). The number of aliphatic imine (C=N–C) groups is 1. The highest BCUT2D eigenvalue weighted by Crippen LogP contribution is 2.51.